The van der Waals surface area contributed by atoms with E-state index in [2.05, 4.69) is 32.0 Å². The summed E-state index contributed by atoms with van der Waals surface area (Å²) in [6.45, 7) is 2.55. The maximum absolute atomic E-state index is 12.5. The van der Waals surface area contributed by atoms with Crippen LogP contribution in [0.4, 0.5) is 4.79 Å². The molecule has 0 atom stereocenters. The van der Waals surface area contributed by atoms with E-state index in [1.54, 1.807) is 13.3 Å². The second-order valence-electron chi connectivity index (χ2n) is 7.36. The van der Waals surface area contributed by atoms with Gasteiger partial charge in [-0.3, -0.25) is 0 Å². The summed E-state index contributed by atoms with van der Waals surface area (Å²) in [5, 5.41) is 3.05. The van der Waals surface area contributed by atoms with Gasteiger partial charge in [-0.1, -0.05) is 30.3 Å². The van der Waals surface area contributed by atoms with Crippen LogP contribution in [0.15, 0.2) is 48.7 Å². The predicted octanol–water partition coefficient (Wildman–Crippen LogP) is 3.17. The first-order valence-corrected chi connectivity index (χ1v) is 10.1. The van der Waals surface area contributed by atoms with E-state index >= 15 is 0 Å². The Morgan fingerprint density at radius 1 is 1.17 bits per heavy atom. The molecule has 4 rings (SSSR count). The van der Waals surface area contributed by atoms with E-state index < -0.39 is 0 Å². The second kappa shape index (κ2) is 9.05. The summed E-state index contributed by atoms with van der Waals surface area (Å²) >= 11 is 0. The van der Waals surface area contributed by atoms with Crippen molar-refractivity contribution in [3.63, 3.8) is 0 Å². The van der Waals surface area contributed by atoms with Crippen LogP contribution in [0.5, 0.6) is 0 Å². The number of methoxy groups -OCH3 is 1. The van der Waals surface area contributed by atoms with Gasteiger partial charge in [-0.05, 0) is 37.0 Å². The third-order valence-electron chi connectivity index (χ3n) is 5.44. The number of imidazole rings is 1. The molecule has 3 aromatic rings. The highest BCUT2D eigenvalue weighted by atomic mass is 16.5. The molecule has 0 radical (unpaired) electrons. The monoisotopic (exact) mass is 393 g/mol. The molecule has 1 saturated heterocycles. The Hall–Kier alpha value is -2.93. The predicted molar refractivity (Wildman–Crippen MR) is 112 cm³/mol. The van der Waals surface area contributed by atoms with Crippen molar-refractivity contribution in [1.29, 1.82) is 0 Å². The molecule has 0 saturated carbocycles. The molecule has 2 aromatic heterocycles. The number of likely N-dealkylation sites (tertiary alicyclic amines) is 1. The van der Waals surface area contributed by atoms with Crippen LogP contribution >= 0.6 is 0 Å². The van der Waals surface area contributed by atoms with E-state index in [0.717, 1.165) is 49.3 Å². The molecule has 152 valence electrons. The highest BCUT2D eigenvalue weighted by molar-refractivity contribution is 5.74. The number of piperidine rings is 1. The standard InChI is InChI=1S/C22H27N5O2/c1-29-16-20-25-19-8-5-12-23-21(19)27(20)18-10-14-26(15-11-18)22(28)24-13-9-17-6-3-2-4-7-17/h2-8,12,18H,9-11,13-16H2,1H3,(H,24,28). The third-order valence-corrected chi connectivity index (χ3v) is 5.44. The molecule has 29 heavy (non-hydrogen) atoms. The first-order valence-electron chi connectivity index (χ1n) is 10.1. The minimum absolute atomic E-state index is 0.0186. The third kappa shape index (κ3) is 4.40. The van der Waals surface area contributed by atoms with Gasteiger partial charge in [-0.15, -0.1) is 0 Å². The fraction of sp³-hybridized carbons (Fsp3) is 0.409. The molecule has 7 nitrogen and oxygen atoms in total. The van der Waals surface area contributed by atoms with E-state index in [9.17, 15) is 4.79 Å². The summed E-state index contributed by atoms with van der Waals surface area (Å²) in [6, 6.07) is 14.4. The lowest BCUT2D eigenvalue weighted by Gasteiger charge is -2.33. The molecule has 0 spiro atoms. The van der Waals surface area contributed by atoms with Gasteiger partial charge in [0, 0.05) is 39.0 Å². The van der Waals surface area contributed by atoms with Gasteiger partial charge in [0.2, 0.25) is 0 Å². The zero-order valence-corrected chi connectivity index (χ0v) is 16.8. The summed E-state index contributed by atoms with van der Waals surface area (Å²) < 4.78 is 7.54. The number of rotatable bonds is 6. The smallest absolute Gasteiger partial charge is 0.317 e. The quantitative estimate of drug-likeness (QED) is 0.698. The highest BCUT2D eigenvalue weighted by Crippen LogP contribution is 2.28. The average Bonchev–Trinajstić information content (AvgIpc) is 3.13. The van der Waals surface area contributed by atoms with Gasteiger partial charge in [0.25, 0.3) is 0 Å². The van der Waals surface area contributed by atoms with Crippen LogP contribution < -0.4 is 5.32 Å². The van der Waals surface area contributed by atoms with Crippen molar-refractivity contribution in [3.05, 3.63) is 60.0 Å². The van der Waals surface area contributed by atoms with E-state index in [1.165, 1.54) is 5.56 Å². The van der Waals surface area contributed by atoms with Gasteiger partial charge >= 0.3 is 6.03 Å². The van der Waals surface area contributed by atoms with Crippen molar-refractivity contribution in [3.8, 4) is 0 Å². The zero-order valence-electron chi connectivity index (χ0n) is 16.8. The van der Waals surface area contributed by atoms with Gasteiger partial charge in [0.1, 0.15) is 17.9 Å². The lowest BCUT2D eigenvalue weighted by atomic mass is 10.0. The van der Waals surface area contributed by atoms with Crippen LogP contribution in [0, 0.1) is 0 Å². The number of nitrogens with zero attached hydrogens (tertiary/aromatic N) is 4. The first-order chi connectivity index (χ1) is 14.3. The van der Waals surface area contributed by atoms with Crippen molar-refractivity contribution in [2.45, 2.75) is 31.9 Å². The fourth-order valence-electron chi connectivity index (χ4n) is 3.99. The van der Waals surface area contributed by atoms with Crippen LogP contribution in [0.1, 0.15) is 30.3 Å². The van der Waals surface area contributed by atoms with Crippen molar-refractivity contribution in [1.82, 2.24) is 24.8 Å². The number of carbonyl (C=O) groups is 1. The fourth-order valence-corrected chi connectivity index (χ4v) is 3.99. The van der Waals surface area contributed by atoms with Crippen LogP contribution in [-0.2, 0) is 17.8 Å². The number of nitrogens with one attached hydrogen (secondary N) is 1. The number of ether oxygens (including phenoxy) is 1. The number of hydrogen-bond donors (Lipinski definition) is 1. The Labute approximate surface area is 170 Å². The van der Waals surface area contributed by atoms with Crippen LogP contribution in [0.3, 0.4) is 0 Å². The number of amides is 2. The first kappa shape index (κ1) is 19.4. The molecule has 1 aliphatic heterocycles. The molecular weight excluding hydrogens is 366 g/mol. The minimum Gasteiger partial charge on any atom is -0.377 e. The maximum Gasteiger partial charge on any atom is 0.317 e. The van der Waals surface area contributed by atoms with Crippen molar-refractivity contribution >= 4 is 17.2 Å². The molecule has 1 N–H and O–H groups in total. The van der Waals surface area contributed by atoms with E-state index in [1.807, 2.05) is 35.2 Å². The van der Waals surface area contributed by atoms with Crippen molar-refractivity contribution in [2.24, 2.45) is 0 Å². The van der Waals surface area contributed by atoms with Crippen LogP contribution in [0.25, 0.3) is 11.2 Å². The number of carbonyl (C=O) groups excluding carboxylic acids is 1. The van der Waals surface area contributed by atoms with Gasteiger partial charge in [-0.2, -0.15) is 0 Å². The number of benzene rings is 1. The molecule has 7 heteroatoms. The Bertz CT molecular complexity index is 948. The number of aromatic nitrogens is 3. The van der Waals surface area contributed by atoms with E-state index in [-0.39, 0.29) is 12.1 Å². The van der Waals surface area contributed by atoms with Crippen molar-refractivity contribution in [2.75, 3.05) is 26.7 Å². The van der Waals surface area contributed by atoms with Gasteiger partial charge in [0.15, 0.2) is 5.65 Å². The molecule has 1 fully saturated rings. The number of pyridine rings is 1. The largest absolute Gasteiger partial charge is 0.377 e. The lowest BCUT2D eigenvalue weighted by molar-refractivity contribution is 0.157. The summed E-state index contributed by atoms with van der Waals surface area (Å²) in [4.78, 5) is 23.7. The summed E-state index contributed by atoms with van der Waals surface area (Å²) in [6.07, 6.45) is 4.40. The molecule has 1 aliphatic rings. The topological polar surface area (TPSA) is 72.3 Å². The normalized spacial score (nSPS) is 15.0. The molecule has 0 aliphatic carbocycles. The van der Waals surface area contributed by atoms with Gasteiger partial charge in [-0.25, -0.2) is 14.8 Å². The van der Waals surface area contributed by atoms with Crippen LogP contribution in [0.2, 0.25) is 0 Å². The molecule has 1 aromatic carbocycles. The van der Waals surface area contributed by atoms with Crippen molar-refractivity contribution < 1.29 is 9.53 Å². The SMILES string of the molecule is COCc1nc2cccnc2n1C1CCN(C(=O)NCCc2ccccc2)CC1. The molecule has 0 unspecified atom stereocenters. The molecular formula is C22H27N5O2. The lowest BCUT2D eigenvalue weighted by Crippen LogP contribution is -2.45. The highest BCUT2D eigenvalue weighted by Gasteiger charge is 2.27. The summed E-state index contributed by atoms with van der Waals surface area (Å²) in [5.74, 6) is 0.895. The van der Waals surface area contributed by atoms with Gasteiger partial charge in [0.05, 0.1) is 0 Å². The second-order valence-corrected chi connectivity index (χ2v) is 7.36. The van der Waals surface area contributed by atoms with Crippen LogP contribution in [-0.4, -0.2) is 52.2 Å². The van der Waals surface area contributed by atoms with E-state index in [4.69, 9.17) is 4.74 Å². The Balaban J connectivity index is 1.35. The van der Waals surface area contributed by atoms with Gasteiger partial charge < -0.3 is 19.5 Å². The summed E-state index contributed by atoms with van der Waals surface area (Å²) in [5.41, 5.74) is 3.02. The average molecular weight is 393 g/mol. The number of hydrogen-bond acceptors (Lipinski definition) is 4. The number of urea groups is 1. The Morgan fingerprint density at radius 3 is 2.72 bits per heavy atom. The Morgan fingerprint density at radius 2 is 1.97 bits per heavy atom. The number of fused-ring (bicyclic) bond motifs is 1. The zero-order chi connectivity index (χ0) is 20.1. The van der Waals surface area contributed by atoms with E-state index in [0.29, 0.717) is 13.2 Å². The Kier molecular flexibility index (Phi) is 6.05. The molecule has 2 amide bonds. The molecule has 0 bridgehead atoms. The minimum atomic E-state index is 0.0186. The summed E-state index contributed by atoms with van der Waals surface area (Å²) in [7, 11) is 1.68. The molecule has 3 heterocycles. The maximum atomic E-state index is 12.5.